The third kappa shape index (κ3) is 4.21. The van der Waals surface area contributed by atoms with Gasteiger partial charge >= 0.3 is 0 Å². The first-order valence-electron chi connectivity index (χ1n) is 6.69. The second-order valence-electron chi connectivity index (χ2n) is 5.79. The van der Waals surface area contributed by atoms with E-state index in [4.69, 9.17) is 10.5 Å². The van der Waals surface area contributed by atoms with Crippen molar-refractivity contribution in [2.45, 2.75) is 44.2 Å². The van der Waals surface area contributed by atoms with Crippen molar-refractivity contribution in [3.8, 4) is 0 Å². The summed E-state index contributed by atoms with van der Waals surface area (Å²) < 4.78 is 5.89. The Hall–Kier alpha value is -0.160. The van der Waals surface area contributed by atoms with Gasteiger partial charge in [-0.05, 0) is 40.3 Å². The molecule has 0 aliphatic carbocycles. The van der Waals surface area contributed by atoms with Crippen molar-refractivity contribution in [2.75, 3.05) is 40.3 Å². The zero-order chi connectivity index (χ0) is 12.9. The lowest BCUT2D eigenvalue weighted by atomic mass is 9.79. The Morgan fingerprint density at radius 1 is 1.41 bits per heavy atom. The van der Waals surface area contributed by atoms with Gasteiger partial charge in [-0.25, -0.2) is 0 Å². The Balaban J connectivity index is 2.55. The zero-order valence-corrected chi connectivity index (χ0v) is 11.9. The Labute approximate surface area is 106 Å². The van der Waals surface area contributed by atoms with Crippen LogP contribution in [-0.2, 0) is 4.74 Å². The highest BCUT2D eigenvalue weighted by Gasteiger charge is 2.41. The summed E-state index contributed by atoms with van der Waals surface area (Å²) in [6.07, 6.45) is 3.08. The molecule has 1 aliphatic heterocycles. The normalized spacial score (nSPS) is 34.2. The number of nitrogens with one attached hydrogen (secondary N) is 1. The van der Waals surface area contributed by atoms with Crippen LogP contribution in [0.2, 0.25) is 0 Å². The maximum Gasteiger partial charge on any atom is 0.0670 e. The summed E-state index contributed by atoms with van der Waals surface area (Å²) in [7, 11) is 4.19. The van der Waals surface area contributed by atoms with E-state index in [-0.39, 0.29) is 11.1 Å². The Bertz CT molecular complexity index is 235. The van der Waals surface area contributed by atoms with Crippen molar-refractivity contribution in [2.24, 2.45) is 5.73 Å². The maximum absolute atomic E-state index is 6.00. The van der Waals surface area contributed by atoms with E-state index in [2.05, 4.69) is 38.2 Å². The average Bonchev–Trinajstić information content (AvgIpc) is 2.29. The monoisotopic (exact) mass is 243 g/mol. The van der Waals surface area contributed by atoms with Crippen molar-refractivity contribution >= 4 is 0 Å². The fourth-order valence-electron chi connectivity index (χ4n) is 2.52. The molecule has 0 aromatic heterocycles. The molecule has 0 aromatic rings. The van der Waals surface area contributed by atoms with Gasteiger partial charge in [0.2, 0.25) is 0 Å². The molecule has 0 amide bonds. The van der Waals surface area contributed by atoms with Gasteiger partial charge in [0.05, 0.1) is 5.60 Å². The summed E-state index contributed by atoms with van der Waals surface area (Å²) in [6, 6.07) is 0. The van der Waals surface area contributed by atoms with E-state index < -0.39 is 0 Å². The summed E-state index contributed by atoms with van der Waals surface area (Å²) in [6.45, 7) is 7.93. The van der Waals surface area contributed by atoms with E-state index in [1.165, 1.54) is 0 Å². The molecule has 1 aliphatic rings. The van der Waals surface area contributed by atoms with Gasteiger partial charge in [0.1, 0.15) is 0 Å². The van der Waals surface area contributed by atoms with Gasteiger partial charge in [-0.3, -0.25) is 0 Å². The highest BCUT2D eigenvalue weighted by atomic mass is 16.5. The summed E-state index contributed by atoms with van der Waals surface area (Å²) in [5.41, 5.74) is 6.06. The van der Waals surface area contributed by atoms with Gasteiger partial charge in [0.15, 0.2) is 0 Å². The smallest absolute Gasteiger partial charge is 0.0670 e. The van der Waals surface area contributed by atoms with Crippen LogP contribution in [0.15, 0.2) is 0 Å². The van der Waals surface area contributed by atoms with Crippen molar-refractivity contribution < 1.29 is 4.74 Å². The van der Waals surface area contributed by atoms with Gasteiger partial charge in [0.25, 0.3) is 0 Å². The molecule has 4 heteroatoms. The van der Waals surface area contributed by atoms with E-state index in [0.717, 1.165) is 39.0 Å². The van der Waals surface area contributed by atoms with E-state index in [1.54, 1.807) is 0 Å². The molecule has 102 valence electrons. The minimum Gasteiger partial charge on any atom is -0.375 e. The summed E-state index contributed by atoms with van der Waals surface area (Å²) in [5, 5.41) is 3.66. The summed E-state index contributed by atoms with van der Waals surface area (Å²) in [4.78, 5) is 2.19. The van der Waals surface area contributed by atoms with Gasteiger partial charge < -0.3 is 20.7 Å². The van der Waals surface area contributed by atoms with Crippen LogP contribution in [0.3, 0.4) is 0 Å². The minimum absolute atomic E-state index is 0.0112. The number of ether oxygens (including phenoxy) is 1. The van der Waals surface area contributed by atoms with Crippen LogP contribution in [0, 0.1) is 0 Å². The molecule has 1 rings (SSSR count). The molecule has 4 nitrogen and oxygen atoms in total. The van der Waals surface area contributed by atoms with Gasteiger partial charge in [-0.15, -0.1) is 0 Å². The Morgan fingerprint density at radius 2 is 2.12 bits per heavy atom. The van der Waals surface area contributed by atoms with Crippen molar-refractivity contribution in [3.63, 3.8) is 0 Å². The molecule has 0 bridgehead atoms. The first-order valence-corrected chi connectivity index (χ1v) is 6.69. The molecule has 2 unspecified atom stereocenters. The summed E-state index contributed by atoms with van der Waals surface area (Å²) in [5.74, 6) is 0. The fourth-order valence-corrected chi connectivity index (χ4v) is 2.52. The molecular formula is C13H29N3O. The average molecular weight is 243 g/mol. The van der Waals surface area contributed by atoms with E-state index in [9.17, 15) is 0 Å². The largest absolute Gasteiger partial charge is 0.375 e. The van der Waals surface area contributed by atoms with E-state index in [0.29, 0.717) is 6.54 Å². The zero-order valence-electron chi connectivity index (χ0n) is 11.9. The van der Waals surface area contributed by atoms with E-state index >= 15 is 0 Å². The molecule has 2 atom stereocenters. The molecule has 3 N–H and O–H groups in total. The summed E-state index contributed by atoms with van der Waals surface area (Å²) >= 11 is 0. The van der Waals surface area contributed by atoms with Gasteiger partial charge in [-0.1, -0.05) is 6.92 Å². The topological polar surface area (TPSA) is 50.5 Å². The molecule has 1 heterocycles. The number of nitrogens with zero attached hydrogens (tertiary/aromatic N) is 1. The first-order chi connectivity index (χ1) is 7.95. The molecule has 0 aromatic carbocycles. The molecule has 0 spiro atoms. The predicted molar refractivity (Wildman–Crippen MR) is 72.2 cm³/mol. The van der Waals surface area contributed by atoms with Crippen molar-refractivity contribution in [3.05, 3.63) is 0 Å². The number of likely N-dealkylation sites (N-methyl/N-ethyl adjacent to an activating group) is 1. The van der Waals surface area contributed by atoms with Gasteiger partial charge in [0, 0.05) is 31.8 Å². The molecular weight excluding hydrogens is 214 g/mol. The second kappa shape index (κ2) is 6.14. The minimum atomic E-state index is -0.0112. The number of hydrogen-bond acceptors (Lipinski definition) is 4. The van der Waals surface area contributed by atoms with Crippen molar-refractivity contribution in [1.29, 1.82) is 0 Å². The molecule has 1 saturated heterocycles. The van der Waals surface area contributed by atoms with Crippen LogP contribution >= 0.6 is 0 Å². The van der Waals surface area contributed by atoms with Crippen LogP contribution in [-0.4, -0.2) is 56.4 Å². The standard InChI is InChI=1S/C13H29N3O/c1-5-12(2)10-13(11-14,6-9-17-12)15-7-8-16(3)4/h15H,5-11,14H2,1-4H3. The van der Waals surface area contributed by atoms with Gasteiger partial charge in [-0.2, -0.15) is 0 Å². The fraction of sp³-hybridized carbons (Fsp3) is 1.00. The Kier molecular flexibility index (Phi) is 5.38. The van der Waals surface area contributed by atoms with Crippen LogP contribution in [0.4, 0.5) is 0 Å². The number of nitrogens with two attached hydrogens (primary N) is 1. The number of hydrogen-bond donors (Lipinski definition) is 2. The predicted octanol–water partition coefficient (Wildman–Crippen LogP) is 0.814. The molecule has 0 radical (unpaired) electrons. The lowest BCUT2D eigenvalue weighted by molar-refractivity contribution is -0.0994. The van der Waals surface area contributed by atoms with Crippen LogP contribution < -0.4 is 11.1 Å². The third-order valence-corrected chi connectivity index (χ3v) is 3.94. The quantitative estimate of drug-likeness (QED) is 0.725. The lowest BCUT2D eigenvalue weighted by Crippen LogP contribution is -2.60. The molecule has 1 fully saturated rings. The third-order valence-electron chi connectivity index (χ3n) is 3.94. The molecule has 17 heavy (non-hydrogen) atoms. The lowest BCUT2D eigenvalue weighted by Gasteiger charge is -2.46. The second-order valence-corrected chi connectivity index (χ2v) is 5.79. The SMILES string of the molecule is CCC1(C)CC(CN)(NCCN(C)C)CCO1. The van der Waals surface area contributed by atoms with Crippen LogP contribution in [0.1, 0.15) is 33.1 Å². The van der Waals surface area contributed by atoms with Crippen molar-refractivity contribution in [1.82, 2.24) is 10.2 Å². The van der Waals surface area contributed by atoms with Crippen LogP contribution in [0.25, 0.3) is 0 Å². The van der Waals surface area contributed by atoms with E-state index in [1.807, 2.05) is 0 Å². The maximum atomic E-state index is 6.00. The number of rotatable bonds is 6. The molecule has 0 saturated carbocycles. The highest BCUT2D eigenvalue weighted by molar-refractivity contribution is 4.98. The van der Waals surface area contributed by atoms with Crippen LogP contribution in [0.5, 0.6) is 0 Å². The first kappa shape index (κ1) is 14.9. The highest BCUT2D eigenvalue weighted by Crippen LogP contribution is 2.33. The Morgan fingerprint density at radius 3 is 2.65 bits per heavy atom.